The Hall–Kier alpha value is -3.58. The van der Waals surface area contributed by atoms with Crippen molar-refractivity contribution in [1.82, 2.24) is 10.6 Å². The number of nitrogens with two attached hydrogens (primary N) is 1. The van der Waals surface area contributed by atoms with E-state index >= 15 is 0 Å². The van der Waals surface area contributed by atoms with E-state index in [-0.39, 0.29) is 48.0 Å². The predicted molar refractivity (Wildman–Crippen MR) is 155 cm³/mol. The van der Waals surface area contributed by atoms with Crippen molar-refractivity contribution in [3.63, 3.8) is 0 Å². The first-order valence-electron chi connectivity index (χ1n) is 13.8. The molecule has 2 rings (SSSR count). The van der Waals surface area contributed by atoms with E-state index in [1.54, 1.807) is 26.0 Å². The molecule has 2 amide bonds. The molecule has 0 aromatic heterocycles. The van der Waals surface area contributed by atoms with E-state index in [9.17, 15) is 29.4 Å². The van der Waals surface area contributed by atoms with Crippen LogP contribution in [0.3, 0.4) is 0 Å². The number of allylic oxidation sites excluding steroid dienone is 4. The highest BCUT2D eigenvalue weighted by Crippen LogP contribution is 2.28. The lowest BCUT2D eigenvalue weighted by atomic mass is 9.85. The summed E-state index contributed by atoms with van der Waals surface area (Å²) >= 11 is 0. The van der Waals surface area contributed by atoms with Crippen LogP contribution in [-0.4, -0.2) is 85.6 Å². The third-order valence-electron chi connectivity index (χ3n) is 7.21. The van der Waals surface area contributed by atoms with Crippen LogP contribution in [0.25, 0.3) is 0 Å². The highest BCUT2D eigenvalue weighted by molar-refractivity contribution is 6.23. The Morgan fingerprint density at radius 2 is 1.86 bits per heavy atom. The molecule has 6 N–H and O–H groups in total. The van der Waals surface area contributed by atoms with E-state index in [1.807, 2.05) is 6.92 Å². The lowest BCUT2D eigenvalue weighted by Crippen LogP contribution is -2.38. The topological polar surface area (TPSA) is 187 Å². The highest BCUT2D eigenvalue weighted by atomic mass is 16.6. The van der Waals surface area contributed by atoms with Gasteiger partial charge in [-0.2, -0.15) is 0 Å². The molecule has 0 saturated carbocycles. The summed E-state index contributed by atoms with van der Waals surface area (Å²) < 4.78 is 16.5. The number of primary amides is 1. The van der Waals surface area contributed by atoms with Gasteiger partial charge in [0.15, 0.2) is 6.10 Å². The van der Waals surface area contributed by atoms with Gasteiger partial charge in [0.1, 0.15) is 6.10 Å². The molecule has 0 radical (unpaired) electrons. The van der Waals surface area contributed by atoms with E-state index in [1.165, 1.54) is 33.3 Å². The number of nitrogens with one attached hydrogen (secondary N) is 2. The molecule has 1 heterocycles. The largest absolute Gasteiger partial charge is 0.439 e. The van der Waals surface area contributed by atoms with Gasteiger partial charge in [-0.15, -0.1) is 0 Å². The van der Waals surface area contributed by atoms with Crippen molar-refractivity contribution in [3.05, 3.63) is 58.5 Å². The van der Waals surface area contributed by atoms with E-state index in [0.717, 1.165) is 6.08 Å². The summed E-state index contributed by atoms with van der Waals surface area (Å²) in [5, 5.41) is 25.9. The number of rotatable bonds is 6. The van der Waals surface area contributed by atoms with Crippen molar-refractivity contribution in [1.29, 1.82) is 0 Å². The molecule has 12 heteroatoms. The number of carbonyl (C=O) groups excluding carboxylic acids is 4. The monoisotopic (exact) mass is 589 g/mol. The molecule has 6 atom stereocenters. The minimum Gasteiger partial charge on any atom is -0.439 e. The number of aliphatic hydroxyl groups is 2. The summed E-state index contributed by atoms with van der Waals surface area (Å²) in [6, 6.07) is 0. The third-order valence-corrected chi connectivity index (χ3v) is 7.21. The first-order valence-corrected chi connectivity index (χ1v) is 13.8. The van der Waals surface area contributed by atoms with Crippen LogP contribution in [0.4, 0.5) is 4.79 Å². The van der Waals surface area contributed by atoms with Crippen molar-refractivity contribution in [2.75, 3.05) is 27.4 Å². The fourth-order valence-electron chi connectivity index (χ4n) is 4.96. The fraction of sp³-hybridized carbons (Fsp3) is 0.533. The SMILES string of the molecule is CO[C@H]1C[C@H](C)CC2=C(NCCO)C(=O)C=C(NC(=O)/C(C)=C/C=C\[C@@H](OC)[C@@H](OC(N)=O)/C(C)=C/[C@H](C)[C@H]1O)C2=O. The standard InChI is InChI=1S/C30H43N3O9/c1-16-12-20-25(32-10-11-34)22(35)15-21(27(20)37)33-29(38)17(2)8-7-9-23(40-5)28(42-30(31)39)19(4)14-18(3)26(36)24(13-16)41-6/h7-9,14-16,18,23-24,26,28,32,34,36H,10-13H2,1-6H3,(H2,31,39)(H,33,38)/b9-7-,17-8+,19-14+/t16-,18+,23-,24+,26-,28+/m1/s1. The van der Waals surface area contributed by atoms with Crippen molar-refractivity contribution >= 4 is 23.6 Å². The van der Waals surface area contributed by atoms with E-state index in [2.05, 4.69) is 10.6 Å². The number of fused-ring (bicyclic) bond motifs is 2. The number of methoxy groups -OCH3 is 2. The maximum atomic E-state index is 13.5. The lowest BCUT2D eigenvalue weighted by molar-refractivity contribution is -0.120. The van der Waals surface area contributed by atoms with Gasteiger partial charge in [-0.1, -0.05) is 38.2 Å². The Bertz CT molecular complexity index is 1180. The van der Waals surface area contributed by atoms with Crippen LogP contribution in [0.15, 0.2) is 58.5 Å². The number of ether oxygens (including phenoxy) is 3. The predicted octanol–water partition coefficient (Wildman–Crippen LogP) is 1.34. The third kappa shape index (κ3) is 9.21. The molecule has 0 saturated heterocycles. The highest BCUT2D eigenvalue weighted by Gasteiger charge is 2.33. The zero-order valence-corrected chi connectivity index (χ0v) is 25.0. The zero-order valence-electron chi connectivity index (χ0n) is 25.0. The Morgan fingerprint density at radius 1 is 1.17 bits per heavy atom. The molecule has 1 aliphatic heterocycles. The maximum Gasteiger partial charge on any atom is 0.405 e. The van der Waals surface area contributed by atoms with Crippen LogP contribution in [0.5, 0.6) is 0 Å². The van der Waals surface area contributed by atoms with E-state index in [0.29, 0.717) is 12.0 Å². The van der Waals surface area contributed by atoms with Gasteiger partial charge in [-0.05, 0) is 38.2 Å². The van der Waals surface area contributed by atoms with Crippen molar-refractivity contribution in [2.45, 2.75) is 65.0 Å². The first kappa shape index (κ1) is 34.6. The molecule has 42 heavy (non-hydrogen) atoms. The summed E-state index contributed by atoms with van der Waals surface area (Å²) in [4.78, 5) is 51.2. The van der Waals surface area contributed by atoms with Gasteiger partial charge in [0, 0.05) is 43.9 Å². The second kappa shape index (κ2) is 16.2. The van der Waals surface area contributed by atoms with Gasteiger partial charge < -0.3 is 40.8 Å². The van der Waals surface area contributed by atoms with Crippen molar-refractivity contribution < 1.29 is 43.6 Å². The molecule has 1 aliphatic carbocycles. The molecular weight excluding hydrogens is 546 g/mol. The summed E-state index contributed by atoms with van der Waals surface area (Å²) in [5.41, 5.74) is 6.19. The second-order valence-electron chi connectivity index (χ2n) is 10.6. The molecule has 0 aromatic carbocycles. The van der Waals surface area contributed by atoms with Crippen LogP contribution in [0.1, 0.15) is 40.5 Å². The minimum absolute atomic E-state index is 0.0570. The average molecular weight is 590 g/mol. The second-order valence-corrected chi connectivity index (χ2v) is 10.6. The van der Waals surface area contributed by atoms with Crippen LogP contribution >= 0.6 is 0 Å². The van der Waals surface area contributed by atoms with Crippen molar-refractivity contribution in [2.24, 2.45) is 17.6 Å². The Labute approximate surface area is 246 Å². The molecular formula is C30H43N3O9. The number of ketones is 2. The number of amides is 2. The quantitative estimate of drug-likeness (QED) is 0.224. The molecule has 232 valence electrons. The van der Waals surface area contributed by atoms with E-state index < -0.39 is 53.9 Å². The van der Waals surface area contributed by atoms with Gasteiger partial charge >= 0.3 is 6.09 Å². The first-order chi connectivity index (χ1) is 19.8. The van der Waals surface area contributed by atoms with Gasteiger partial charge in [0.05, 0.1) is 30.2 Å². The molecule has 0 aromatic rings. The number of carbonyl (C=O) groups is 4. The minimum atomic E-state index is -1.01. The number of aliphatic hydroxyl groups excluding tert-OH is 2. The Morgan fingerprint density at radius 3 is 2.45 bits per heavy atom. The van der Waals surface area contributed by atoms with Gasteiger partial charge in [-0.25, -0.2) is 4.79 Å². The van der Waals surface area contributed by atoms with Crippen LogP contribution in [0.2, 0.25) is 0 Å². The summed E-state index contributed by atoms with van der Waals surface area (Å²) in [7, 11) is 2.89. The van der Waals surface area contributed by atoms with Gasteiger partial charge in [0.25, 0.3) is 5.91 Å². The molecule has 0 fully saturated rings. The van der Waals surface area contributed by atoms with E-state index in [4.69, 9.17) is 19.9 Å². The summed E-state index contributed by atoms with van der Waals surface area (Å²) in [6.07, 6.45) is 3.51. The van der Waals surface area contributed by atoms with Gasteiger partial charge in [-0.3, -0.25) is 14.4 Å². The normalized spacial score (nSPS) is 31.7. The summed E-state index contributed by atoms with van der Waals surface area (Å²) in [6.45, 7) is 6.70. The van der Waals surface area contributed by atoms with Crippen LogP contribution in [0, 0.1) is 11.8 Å². The van der Waals surface area contributed by atoms with Gasteiger partial charge in [0.2, 0.25) is 11.6 Å². The fourth-order valence-corrected chi connectivity index (χ4v) is 4.96. The zero-order chi connectivity index (χ0) is 31.6. The van der Waals surface area contributed by atoms with Crippen LogP contribution < -0.4 is 16.4 Å². The number of Topliss-reactive ketones (excluding diaryl/α,β-unsaturated/α-hetero) is 1. The Balaban J connectivity index is 2.61. The van der Waals surface area contributed by atoms with Crippen LogP contribution in [-0.2, 0) is 28.6 Å². The molecule has 0 spiro atoms. The number of hydrogen-bond acceptors (Lipinski definition) is 10. The Kier molecular flexibility index (Phi) is 13.3. The molecule has 2 aliphatic rings. The number of hydrogen-bond donors (Lipinski definition) is 5. The lowest BCUT2D eigenvalue weighted by Gasteiger charge is -2.30. The molecule has 2 bridgehead atoms. The maximum absolute atomic E-state index is 13.5. The van der Waals surface area contributed by atoms with Crippen molar-refractivity contribution in [3.8, 4) is 0 Å². The average Bonchev–Trinajstić information content (AvgIpc) is 2.94. The smallest absolute Gasteiger partial charge is 0.405 e. The summed E-state index contributed by atoms with van der Waals surface area (Å²) in [5.74, 6) is -2.33. The molecule has 12 nitrogen and oxygen atoms in total. The molecule has 0 unspecified atom stereocenters.